The van der Waals surface area contributed by atoms with Crippen molar-refractivity contribution in [2.24, 2.45) is 0 Å². The minimum Gasteiger partial charge on any atom is -0.480 e. The monoisotopic (exact) mass is 436 g/mol. The van der Waals surface area contributed by atoms with Gasteiger partial charge in [0.15, 0.2) is 0 Å². The molecule has 1 unspecified atom stereocenters. The van der Waals surface area contributed by atoms with Gasteiger partial charge in [-0.3, -0.25) is 29.8 Å². The number of carbonyl (C=O) groups excluding carboxylic acids is 2. The number of carbonyl (C=O) groups is 3. The predicted molar refractivity (Wildman–Crippen MR) is 110 cm³/mol. The second-order valence-electron chi connectivity index (χ2n) is 7.42. The summed E-state index contributed by atoms with van der Waals surface area (Å²) in [5.41, 5.74) is -0.504. The average molecular weight is 436 g/mol. The second kappa shape index (κ2) is 9.00. The van der Waals surface area contributed by atoms with Crippen LogP contribution in [-0.2, 0) is 9.59 Å². The maximum atomic E-state index is 12.8. The lowest BCUT2D eigenvalue weighted by Gasteiger charge is -2.44. The Labute approximate surface area is 177 Å². The van der Waals surface area contributed by atoms with Crippen molar-refractivity contribution in [2.45, 2.75) is 31.0 Å². The van der Waals surface area contributed by atoms with Crippen LogP contribution in [0.4, 0.5) is 5.69 Å². The molecule has 0 aromatic heterocycles. The van der Waals surface area contributed by atoms with Crippen molar-refractivity contribution in [2.75, 3.05) is 31.6 Å². The fraction of sp³-hybridized carbons (Fsp3) is 0.526. The number of likely N-dealkylation sites (tertiary alicyclic amines) is 1. The molecule has 2 amide bonds. The number of carboxylic acid groups (broad SMARTS) is 1. The van der Waals surface area contributed by atoms with E-state index in [0.717, 1.165) is 5.75 Å². The fourth-order valence-electron chi connectivity index (χ4n) is 4.06. The van der Waals surface area contributed by atoms with Crippen LogP contribution in [-0.4, -0.2) is 81.0 Å². The van der Waals surface area contributed by atoms with Gasteiger partial charge in [-0.1, -0.05) is 0 Å². The SMILES string of the molecule is CSCCC1NC2(CCN(C(=O)c3ccc([N+](=O)[O-])cc3)CC2)N(CC(=O)O)C1=O. The number of nitrogens with zero attached hydrogens (tertiary/aromatic N) is 3. The molecule has 30 heavy (non-hydrogen) atoms. The number of thioether (sulfide) groups is 1. The minimum absolute atomic E-state index is 0.0848. The standard InChI is InChI=1S/C19H24N4O6S/c1-30-11-6-15-18(27)22(12-16(24)25)19(20-15)7-9-21(10-8-19)17(26)13-2-4-14(5-3-13)23(28)29/h2-5,15,20H,6-12H2,1H3,(H,24,25). The molecule has 3 rings (SSSR count). The molecule has 2 fully saturated rings. The summed E-state index contributed by atoms with van der Waals surface area (Å²) < 4.78 is 0. The highest BCUT2D eigenvalue weighted by Gasteiger charge is 2.52. The summed E-state index contributed by atoms with van der Waals surface area (Å²) in [5.74, 6) is -0.737. The van der Waals surface area contributed by atoms with Crippen molar-refractivity contribution in [1.82, 2.24) is 15.1 Å². The number of hydrogen-bond donors (Lipinski definition) is 2. The van der Waals surface area contributed by atoms with Gasteiger partial charge in [0.2, 0.25) is 5.91 Å². The molecular weight excluding hydrogens is 412 g/mol. The van der Waals surface area contributed by atoms with E-state index in [1.807, 2.05) is 6.26 Å². The Morgan fingerprint density at radius 1 is 1.30 bits per heavy atom. The van der Waals surface area contributed by atoms with E-state index in [1.54, 1.807) is 16.7 Å². The highest BCUT2D eigenvalue weighted by Crippen LogP contribution is 2.34. The average Bonchev–Trinajstić information content (AvgIpc) is 2.97. The quantitative estimate of drug-likeness (QED) is 0.481. The van der Waals surface area contributed by atoms with Crippen LogP contribution < -0.4 is 5.32 Å². The lowest BCUT2D eigenvalue weighted by Crippen LogP contribution is -2.60. The Bertz CT molecular complexity index is 838. The van der Waals surface area contributed by atoms with Gasteiger partial charge in [0.1, 0.15) is 6.54 Å². The van der Waals surface area contributed by atoms with Crippen molar-refractivity contribution in [3.05, 3.63) is 39.9 Å². The first kappa shape index (κ1) is 22.0. The number of aliphatic carboxylic acids is 1. The summed E-state index contributed by atoms with van der Waals surface area (Å²) in [5, 5.41) is 23.4. The van der Waals surface area contributed by atoms with E-state index in [4.69, 9.17) is 0 Å². The molecule has 0 radical (unpaired) electrons. The Balaban J connectivity index is 1.71. The largest absolute Gasteiger partial charge is 0.480 e. The van der Waals surface area contributed by atoms with Crippen LogP contribution in [0.15, 0.2) is 24.3 Å². The van der Waals surface area contributed by atoms with E-state index < -0.39 is 22.6 Å². The molecule has 2 heterocycles. The fourth-order valence-corrected chi connectivity index (χ4v) is 4.53. The first-order chi connectivity index (χ1) is 14.3. The maximum absolute atomic E-state index is 12.8. The number of nitro benzene ring substituents is 1. The molecule has 162 valence electrons. The molecule has 1 aromatic carbocycles. The molecule has 0 bridgehead atoms. The van der Waals surface area contributed by atoms with Crippen LogP contribution in [0.3, 0.4) is 0 Å². The van der Waals surface area contributed by atoms with E-state index in [-0.39, 0.29) is 24.0 Å². The van der Waals surface area contributed by atoms with Crippen LogP contribution in [0.2, 0.25) is 0 Å². The molecule has 2 N–H and O–H groups in total. The van der Waals surface area contributed by atoms with Crippen LogP contribution in [0.1, 0.15) is 29.6 Å². The molecule has 11 heteroatoms. The number of hydrogen-bond acceptors (Lipinski definition) is 7. The number of carboxylic acids is 1. The Hall–Kier alpha value is -2.66. The van der Waals surface area contributed by atoms with E-state index in [9.17, 15) is 29.6 Å². The highest BCUT2D eigenvalue weighted by molar-refractivity contribution is 7.98. The number of nitro groups is 1. The Kier molecular flexibility index (Phi) is 6.61. The van der Waals surface area contributed by atoms with Crippen molar-refractivity contribution in [1.29, 1.82) is 0 Å². The van der Waals surface area contributed by atoms with Gasteiger partial charge in [-0.15, -0.1) is 0 Å². The third-order valence-electron chi connectivity index (χ3n) is 5.63. The van der Waals surface area contributed by atoms with E-state index in [2.05, 4.69) is 5.32 Å². The number of piperidine rings is 1. The van der Waals surface area contributed by atoms with Crippen molar-refractivity contribution in [3.63, 3.8) is 0 Å². The number of rotatable bonds is 7. The van der Waals surface area contributed by atoms with Crippen LogP contribution in [0.5, 0.6) is 0 Å². The van der Waals surface area contributed by atoms with E-state index in [0.29, 0.717) is 37.9 Å². The van der Waals surface area contributed by atoms with Crippen LogP contribution in [0, 0.1) is 10.1 Å². The van der Waals surface area contributed by atoms with Gasteiger partial charge in [0.25, 0.3) is 11.6 Å². The lowest BCUT2D eigenvalue weighted by atomic mass is 9.95. The summed E-state index contributed by atoms with van der Waals surface area (Å²) >= 11 is 1.62. The molecule has 1 spiro atoms. The zero-order valence-corrected chi connectivity index (χ0v) is 17.4. The van der Waals surface area contributed by atoms with Gasteiger partial charge in [0, 0.05) is 43.6 Å². The lowest BCUT2D eigenvalue weighted by molar-refractivity contribution is -0.384. The van der Waals surface area contributed by atoms with Gasteiger partial charge < -0.3 is 14.9 Å². The van der Waals surface area contributed by atoms with Gasteiger partial charge in [-0.25, -0.2) is 0 Å². The van der Waals surface area contributed by atoms with Gasteiger partial charge in [-0.05, 0) is 30.6 Å². The number of non-ortho nitro benzene ring substituents is 1. The van der Waals surface area contributed by atoms with E-state index in [1.165, 1.54) is 29.2 Å². The molecule has 2 aliphatic rings. The molecule has 1 aromatic rings. The summed E-state index contributed by atoms with van der Waals surface area (Å²) in [6.45, 7) is 0.320. The third kappa shape index (κ3) is 4.41. The second-order valence-corrected chi connectivity index (χ2v) is 8.41. The smallest absolute Gasteiger partial charge is 0.323 e. The zero-order valence-electron chi connectivity index (χ0n) is 16.6. The van der Waals surface area contributed by atoms with Gasteiger partial charge >= 0.3 is 5.97 Å². The Morgan fingerprint density at radius 3 is 2.47 bits per heavy atom. The number of nitrogens with one attached hydrogen (secondary N) is 1. The van der Waals surface area contributed by atoms with E-state index >= 15 is 0 Å². The van der Waals surface area contributed by atoms with Crippen molar-refractivity contribution in [3.8, 4) is 0 Å². The first-order valence-electron chi connectivity index (χ1n) is 9.61. The summed E-state index contributed by atoms with van der Waals surface area (Å²) in [6.07, 6.45) is 3.40. The molecule has 2 aliphatic heterocycles. The predicted octanol–water partition coefficient (Wildman–Crippen LogP) is 1.17. The molecule has 2 saturated heterocycles. The molecule has 0 aliphatic carbocycles. The third-order valence-corrected chi connectivity index (χ3v) is 6.27. The molecule has 10 nitrogen and oxygen atoms in total. The van der Waals surface area contributed by atoms with Crippen LogP contribution in [0.25, 0.3) is 0 Å². The summed E-state index contributed by atoms with van der Waals surface area (Å²) in [7, 11) is 0. The Morgan fingerprint density at radius 2 is 1.93 bits per heavy atom. The number of amides is 2. The minimum atomic E-state index is -1.07. The van der Waals surface area contributed by atoms with Gasteiger partial charge in [0.05, 0.1) is 16.6 Å². The highest BCUT2D eigenvalue weighted by atomic mass is 32.2. The molecule has 1 atom stereocenters. The molecule has 0 saturated carbocycles. The molecular formula is C19H24N4O6S. The first-order valence-corrected chi connectivity index (χ1v) is 11.0. The topological polar surface area (TPSA) is 133 Å². The summed E-state index contributed by atoms with van der Waals surface area (Å²) in [4.78, 5) is 50.2. The van der Waals surface area contributed by atoms with Gasteiger partial charge in [-0.2, -0.15) is 11.8 Å². The van der Waals surface area contributed by atoms with Crippen molar-refractivity contribution < 1.29 is 24.4 Å². The zero-order chi connectivity index (χ0) is 21.9. The number of benzene rings is 1. The van der Waals surface area contributed by atoms with Crippen molar-refractivity contribution >= 4 is 35.2 Å². The maximum Gasteiger partial charge on any atom is 0.323 e. The van der Waals surface area contributed by atoms with Crippen LogP contribution >= 0.6 is 11.8 Å². The summed E-state index contributed by atoms with van der Waals surface area (Å²) in [6, 6.07) is 5.02. The normalized spacial score (nSPS) is 20.6.